The molecule has 0 atom stereocenters. The summed E-state index contributed by atoms with van der Waals surface area (Å²) in [5.41, 5.74) is 2.29. The SMILES string of the molecule is COc1ccc(CC(=O)N2CCc3c(sc4[nH]c(=O)n(C(C)C)c(=O)c34)C2)cc1C. The molecule has 0 radical (unpaired) electrons. The number of carbonyl (C=O) groups is 1. The molecule has 1 aliphatic heterocycles. The Morgan fingerprint density at radius 1 is 1.30 bits per heavy atom. The van der Waals surface area contributed by atoms with E-state index in [1.54, 1.807) is 7.11 Å². The molecule has 0 saturated heterocycles. The number of hydrogen-bond donors (Lipinski definition) is 1. The van der Waals surface area contributed by atoms with Gasteiger partial charge in [-0.05, 0) is 49.9 Å². The van der Waals surface area contributed by atoms with Crippen LogP contribution in [-0.4, -0.2) is 34.0 Å². The zero-order chi connectivity index (χ0) is 21.6. The molecule has 3 heterocycles. The van der Waals surface area contributed by atoms with Gasteiger partial charge in [0.15, 0.2) is 0 Å². The standard InChI is InChI=1S/C22H25N3O4S/c1-12(2)25-21(27)19-15-7-8-24(11-17(15)30-20(19)23-22(25)28)18(26)10-14-5-6-16(29-4)13(3)9-14/h5-6,9,12H,7-8,10-11H2,1-4H3,(H,23,28). The van der Waals surface area contributed by atoms with Crippen LogP contribution < -0.4 is 16.0 Å². The van der Waals surface area contributed by atoms with E-state index in [4.69, 9.17) is 4.74 Å². The minimum atomic E-state index is -0.385. The minimum absolute atomic E-state index is 0.0516. The summed E-state index contributed by atoms with van der Waals surface area (Å²) in [6.45, 7) is 6.63. The lowest BCUT2D eigenvalue weighted by Crippen LogP contribution is -2.38. The molecule has 0 fully saturated rings. The number of H-pyrrole nitrogens is 1. The molecule has 2 aromatic heterocycles. The molecule has 0 bridgehead atoms. The van der Waals surface area contributed by atoms with Crippen LogP contribution in [0.25, 0.3) is 10.2 Å². The lowest BCUT2D eigenvalue weighted by atomic mass is 10.0. The summed E-state index contributed by atoms with van der Waals surface area (Å²) >= 11 is 1.40. The lowest BCUT2D eigenvalue weighted by Gasteiger charge is -2.27. The second kappa shape index (κ2) is 7.75. The number of benzene rings is 1. The third-order valence-electron chi connectivity index (χ3n) is 5.61. The number of fused-ring (bicyclic) bond motifs is 3. The summed E-state index contributed by atoms with van der Waals surface area (Å²) in [5, 5.41) is 0.598. The Balaban J connectivity index is 1.60. The van der Waals surface area contributed by atoms with Gasteiger partial charge in [-0.2, -0.15) is 0 Å². The predicted octanol–water partition coefficient (Wildman–Crippen LogP) is 2.78. The van der Waals surface area contributed by atoms with Crippen LogP contribution in [0.1, 0.15) is 41.5 Å². The van der Waals surface area contributed by atoms with E-state index in [0.29, 0.717) is 36.1 Å². The molecule has 0 saturated carbocycles. The van der Waals surface area contributed by atoms with Crippen LogP contribution in [-0.2, 0) is 24.2 Å². The van der Waals surface area contributed by atoms with Crippen molar-refractivity contribution in [1.29, 1.82) is 0 Å². The quantitative estimate of drug-likeness (QED) is 0.694. The molecule has 158 valence electrons. The summed E-state index contributed by atoms with van der Waals surface area (Å²) in [4.78, 5) is 44.4. The zero-order valence-corrected chi connectivity index (χ0v) is 18.4. The summed E-state index contributed by atoms with van der Waals surface area (Å²) in [5.74, 6) is 0.857. The van der Waals surface area contributed by atoms with Crippen LogP contribution >= 0.6 is 11.3 Å². The van der Waals surface area contributed by atoms with Gasteiger partial charge >= 0.3 is 5.69 Å². The van der Waals surface area contributed by atoms with Crippen LogP contribution in [0.2, 0.25) is 0 Å². The Labute approximate surface area is 177 Å². The van der Waals surface area contributed by atoms with Crippen LogP contribution in [0, 0.1) is 6.92 Å². The Kier molecular flexibility index (Phi) is 5.27. The van der Waals surface area contributed by atoms with Crippen LogP contribution in [0.4, 0.5) is 0 Å². The van der Waals surface area contributed by atoms with Gasteiger partial charge in [-0.25, -0.2) is 4.79 Å². The Bertz CT molecular complexity index is 1250. The maximum atomic E-state index is 12.9. The first-order valence-electron chi connectivity index (χ1n) is 10.0. The number of methoxy groups -OCH3 is 1. The maximum absolute atomic E-state index is 12.9. The van der Waals surface area contributed by atoms with E-state index in [1.807, 2.05) is 43.9 Å². The second-order valence-corrected chi connectivity index (χ2v) is 9.06. The maximum Gasteiger partial charge on any atom is 0.329 e. The highest BCUT2D eigenvalue weighted by Crippen LogP contribution is 2.32. The lowest BCUT2D eigenvalue weighted by molar-refractivity contribution is -0.131. The smallest absolute Gasteiger partial charge is 0.329 e. The molecular formula is C22H25N3O4S. The molecule has 0 spiro atoms. The highest BCUT2D eigenvalue weighted by Gasteiger charge is 2.27. The normalized spacial score (nSPS) is 13.7. The number of amides is 1. The van der Waals surface area contributed by atoms with Gasteiger partial charge in [0.2, 0.25) is 5.91 Å². The van der Waals surface area contributed by atoms with Crippen molar-refractivity contribution in [2.24, 2.45) is 0 Å². The largest absolute Gasteiger partial charge is 0.496 e. The van der Waals surface area contributed by atoms with Gasteiger partial charge in [0.05, 0.1) is 25.5 Å². The zero-order valence-electron chi connectivity index (χ0n) is 17.6. The number of rotatable bonds is 4. The van der Waals surface area contributed by atoms with Crippen molar-refractivity contribution in [2.45, 2.75) is 46.2 Å². The third-order valence-corrected chi connectivity index (χ3v) is 6.74. The van der Waals surface area contributed by atoms with Crippen molar-refractivity contribution in [3.63, 3.8) is 0 Å². The number of aryl methyl sites for hydroxylation is 1. The molecule has 0 aliphatic carbocycles. The number of nitrogens with zero attached hydrogens (tertiary/aromatic N) is 2. The summed E-state index contributed by atoms with van der Waals surface area (Å²) in [6, 6.07) is 5.56. The number of thiophene rings is 1. The average molecular weight is 428 g/mol. The van der Waals surface area contributed by atoms with E-state index < -0.39 is 0 Å². The first kappa shape index (κ1) is 20.4. The van der Waals surface area contributed by atoms with Gasteiger partial charge in [0.25, 0.3) is 5.56 Å². The van der Waals surface area contributed by atoms with Gasteiger partial charge < -0.3 is 9.64 Å². The second-order valence-electron chi connectivity index (χ2n) is 7.95. The molecule has 8 heteroatoms. The van der Waals surface area contributed by atoms with Crippen LogP contribution in [0.15, 0.2) is 27.8 Å². The van der Waals surface area contributed by atoms with E-state index in [2.05, 4.69) is 4.98 Å². The van der Waals surface area contributed by atoms with Crippen molar-refractivity contribution in [3.05, 3.63) is 60.6 Å². The molecule has 1 aliphatic rings. The van der Waals surface area contributed by atoms with Crippen molar-refractivity contribution in [1.82, 2.24) is 14.5 Å². The van der Waals surface area contributed by atoms with E-state index in [9.17, 15) is 14.4 Å². The van der Waals surface area contributed by atoms with Crippen molar-refractivity contribution in [3.8, 4) is 5.75 Å². The number of nitrogens with one attached hydrogen (secondary N) is 1. The first-order chi connectivity index (χ1) is 14.3. The molecule has 1 aromatic carbocycles. The predicted molar refractivity (Wildman–Crippen MR) is 118 cm³/mol. The molecular weight excluding hydrogens is 402 g/mol. The molecule has 7 nitrogen and oxygen atoms in total. The molecule has 1 N–H and O–H groups in total. The number of aromatic amines is 1. The highest BCUT2D eigenvalue weighted by molar-refractivity contribution is 7.18. The fraction of sp³-hybridized carbons (Fsp3) is 0.409. The van der Waals surface area contributed by atoms with Gasteiger partial charge in [-0.15, -0.1) is 11.3 Å². The van der Waals surface area contributed by atoms with Crippen LogP contribution in [0.3, 0.4) is 0 Å². The molecule has 0 unspecified atom stereocenters. The van der Waals surface area contributed by atoms with Crippen LogP contribution in [0.5, 0.6) is 5.75 Å². The average Bonchev–Trinajstić information content (AvgIpc) is 3.05. The monoisotopic (exact) mass is 427 g/mol. The topological polar surface area (TPSA) is 84.4 Å². The molecule has 30 heavy (non-hydrogen) atoms. The number of hydrogen-bond acceptors (Lipinski definition) is 5. The van der Waals surface area contributed by atoms with E-state index in [0.717, 1.165) is 27.3 Å². The van der Waals surface area contributed by atoms with Gasteiger partial charge in [-0.3, -0.25) is 19.1 Å². The highest BCUT2D eigenvalue weighted by atomic mass is 32.1. The van der Waals surface area contributed by atoms with Gasteiger partial charge in [-0.1, -0.05) is 12.1 Å². The fourth-order valence-corrected chi connectivity index (χ4v) is 5.35. The van der Waals surface area contributed by atoms with E-state index in [-0.39, 0.29) is 23.2 Å². The summed E-state index contributed by atoms with van der Waals surface area (Å²) in [6.07, 6.45) is 0.935. The summed E-state index contributed by atoms with van der Waals surface area (Å²) in [7, 11) is 1.63. The molecule has 4 rings (SSSR count). The number of ether oxygens (including phenoxy) is 1. The third kappa shape index (κ3) is 3.45. The van der Waals surface area contributed by atoms with Crippen molar-refractivity contribution >= 4 is 27.5 Å². The van der Waals surface area contributed by atoms with E-state index in [1.165, 1.54) is 15.9 Å². The van der Waals surface area contributed by atoms with Gasteiger partial charge in [0.1, 0.15) is 10.6 Å². The Morgan fingerprint density at radius 3 is 2.73 bits per heavy atom. The number of carbonyl (C=O) groups excluding carboxylic acids is 1. The summed E-state index contributed by atoms with van der Waals surface area (Å²) < 4.78 is 6.55. The van der Waals surface area contributed by atoms with Gasteiger partial charge in [0, 0.05) is 17.5 Å². The Hall–Kier alpha value is -2.87. The fourth-order valence-electron chi connectivity index (χ4n) is 4.11. The first-order valence-corrected chi connectivity index (χ1v) is 10.8. The van der Waals surface area contributed by atoms with Crippen molar-refractivity contribution < 1.29 is 9.53 Å². The molecule has 3 aromatic rings. The van der Waals surface area contributed by atoms with Crippen molar-refractivity contribution in [2.75, 3.05) is 13.7 Å². The number of aromatic nitrogens is 2. The Morgan fingerprint density at radius 2 is 2.07 bits per heavy atom. The molecule has 1 amide bonds. The van der Waals surface area contributed by atoms with E-state index >= 15 is 0 Å². The minimum Gasteiger partial charge on any atom is -0.496 e.